The molecule has 10 aliphatic rings. The van der Waals surface area contributed by atoms with Crippen LogP contribution >= 0.6 is 0 Å². The first kappa shape index (κ1) is 57.4. The van der Waals surface area contributed by atoms with Gasteiger partial charge in [0.2, 0.25) is 0 Å². The highest BCUT2D eigenvalue weighted by molar-refractivity contribution is 5.67. The fourth-order valence-corrected chi connectivity index (χ4v) is 16.0. The molecule has 5 N–H and O–H groups in total. The van der Waals surface area contributed by atoms with E-state index >= 15 is 0 Å². The van der Waals surface area contributed by atoms with Crippen LogP contribution in [-0.2, 0) is 52.2 Å². The maximum atomic E-state index is 12.4. The monoisotopic (exact) mass is 1070 g/mol. The van der Waals surface area contributed by atoms with Gasteiger partial charge in [0.1, 0.15) is 17.8 Å². The second-order valence-corrected chi connectivity index (χ2v) is 27.0. The lowest BCUT2D eigenvalue weighted by atomic mass is 9.72. The van der Waals surface area contributed by atoms with E-state index in [1.165, 1.54) is 0 Å². The number of ether oxygens (including phenoxy) is 10. The van der Waals surface area contributed by atoms with E-state index in [4.69, 9.17) is 47.4 Å². The van der Waals surface area contributed by atoms with Gasteiger partial charge < -0.3 is 72.9 Å². The SMILES string of the molecule is C=C1C[C@H]2O[C@@H]3[C@@H](C[C@]2(C)O[C@@H]1C/C(C)=C/[C@@H](C)CO)O[C@H]1C[C@H]2O[C@H]4CC[C@H]5O[C@H]6C[C@H]7O[C@@H](C[C@H](O)C[C@H]8C[C@H](C)[C@H]([C@H](C)CC(=O)O)O8)[C@@](C)(O)CC[C@@H]7O[C@]6(C)C[C@]5(C)O[C@@H]4C/C=C\[C@H](C)[C@@H]2O[C@]1(C)[C@H]3O. The quantitative estimate of drug-likeness (QED) is 0.129. The smallest absolute Gasteiger partial charge is 0.303 e. The number of hydrogen-bond donors (Lipinski definition) is 5. The Labute approximate surface area is 451 Å². The summed E-state index contributed by atoms with van der Waals surface area (Å²) in [7, 11) is 0. The number of hydrogen-bond acceptors (Lipinski definition) is 15. The molecular formula is C60H94O16. The Morgan fingerprint density at radius 1 is 0.789 bits per heavy atom. The molecule has 0 radical (unpaired) electrons. The highest BCUT2D eigenvalue weighted by atomic mass is 16.6. The second kappa shape index (κ2) is 21.8. The minimum atomic E-state index is -1.20. The molecule has 27 atom stereocenters. The molecule has 0 aromatic rings. The maximum Gasteiger partial charge on any atom is 0.303 e. The molecule has 430 valence electrons. The van der Waals surface area contributed by atoms with E-state index < -0.39 is 70.6 Å². The first-order valence-corrected chi connectivity index (χ1v) is 29.4. The summed E-state index contributed by atoms with van der Waals surface area (Å²) < 4.78 is 70.0. The molecule has 0 aromatic carbocycles. The van der Waals surface area contributed by atoms with Crippen molar-refractivity contribution in [3.63, 3.8) is 0 Å². The molecule has 0 spiro atoms. The summed E-state index contributed by atoms with van der Waals surface area (Å²) in [6.45, 7) is 24.9. The molecule has 10 rings (SSSR count). The van der Waals surface area contributed by atoms with Crippen LogP contribution in [-0.4, -0.2) is 176 Å². The van der Waals surface area contributed by atoms with Gasteiger partial charge in [0.25, 0.3) is 0 Å². The Morgan fingerprint density at radius 2 is 1.53 bits per heavy atom. The van der Waals surface area contributed by atoms with E-state index in [9.17, 15) is 30.3 Å². The highest BCUT2D eigenvalue weighted by Gasteiger charge is 2.65. The molecule has 16 nitrogen and oxygen atoms in total. The van der Waals surface area contributed by atoms with Crippen molar-refractivity contribution in [1.82, 2.24) is 0 Å². The molecule has 0 bridgehead atoms. The van der Waals surface area contributed by atoms with Gasteiger partial charge in [0.05, 0.1) is 126 Å². The summed E-state index contributed by atoms with van der Waals surface area (Å²) in [5.41, 5.74) is -2.18. The average molecular weight is 1070 g/mol. The summed E-state index contributed by atoms with van der Waals surface area (Å²) in [4.78, 5) is 11.4. The second-order valence-electron chi connectivity index (χ2n) is 27.0. The summed E-state index contributed by atoms with van der Waals surface area (Å²) in [6, 6.07) is 0. The molecule has 0 aliphatic carbocycles. The van der Waals surface area contributed by atoms with Gasteiger partial charge in [-0.15, -0.1) is 0 Å². The standard InChI is InChI=1S/C60H94O16/c1-31(19-32(2)29-61)20-42-34(4)22-48-57(8,75-42)28-45-54(72-48)55(65)60(11)50(70-45)27-44-53(76-60)33(3)13-12-14-40-39(68-44)15-16-46-58(9,73-40)30-59(10)49(71-46)26-43-41(74-59)17-18-56(7,66)47(69-43)25-37(62)24-38-21-35(5)52(67-38)36(6)23-51(63)64/h12-13,19,32-33,35-50,52-55,61-62,65-66H,4,14-18,20-30H2,1-3,5-11H3,(H,63,64)/b13-12-,31-19+/t32-,33+,35+,36-,37-,38-,39+,40-,41+,42-,43-,44-,45-,46-,47+,48-,49+,50+,52-,53+,54-,55+,56+,57+,58+,59-,60+/m1/s1. The normalized spacial score (nSPS) is 52.1. The Bertz CT molecular complexity index is 2150. The molecular weight excluding hydrogens is 977 g/mol. The van der Waals surface area contributed by atoms with Crippen LogP contribution in [0.4, 0.5) is 0 Å². The van der Waals surface area contributed by atoms with Gasteiger partial charge in [-0.1, -0.05) is 58.1 Å². The molecule has 10 aliphatic heterocycles. The van der Waals surface area contributed by atoms with Crippen LogP contribution in [0.1, 0.15) is 166 Å². The first-order valence-electron chi connectivity index (χ1n) is 29.4. The fraction of sp³-hybridized carbons (Fsp3) is 0.883. The van der Waals surface area contributed by atoms with E-state index in [1.807, 2.05) is 20.8 Å². The van der Waals surface area contributed by atoms with Gasteiger partial charge in [-0.2, -0.15) is 0 Å². The van der Waals surface area contributed by atoms with Gasteiger partial charge in [-0.25, -0.2) is 0 Å². The maximum absolute atomic E-state index is 12.4. The number of carboxylic acids is 1. The van der Waals surface area contributed by atoms with Crippen LogP contribution in [0.2, 0.25) is 0 Å². The van der Waals surface area contributed by atoms with Crippen molar-refractivity contribution in [2.45, 2.75) is 303 Å². The molecule has 10 heterocycles. The Kier molecular flexibility index (Phi) is 16.5. The molecule has 0 aromatic heterocycles. The fourth-order valence-electron chi connectivity index (χ4n) is 16.0. The lowest BCUT2D eigenvalue weighted by Gasteiger charge is -2.61. The lowest BCUT2D eigenvalue weighted by molar-refractivity contribution is -0.369. The van der Waals surface area contributed by atoms with Crippen molar-refractivity contribution in [2.75, 3.05) is 6.61 Å². The van der Waals surface area contributed by atoms with E-state index in [0.717, 1.165) is 17.6 Å². The van der Waals surface area contributed by atoms with Crippen LogP contribution in [0.5, 0.6) is 0 Å². The van der Waals surface area contributed by atoms with E-state index in [2.05, 4.69) is 66.3 Å². The summed E-state index contributed by atoms with van der Waals surface area (Å²) in [6.07, 6.45) is 7.40. The molecule has 16 heteroatoms. The van der Waals surface area contributed by atoms with Gasteiger partial charge in [0.15, 0.2) is 0 Å². The first-order chi connectivity index (χ1) is 35.8. The zero-order valence-corrected chi connectivity index (χ0v) is 47.2. The van der Waals surface area contributed by atoms with Crippen LogP contribution in [0.3, 0.4) is 0 Å². The number of fused-ring (bicyclic) bond motifs is 8. The highest BCUT2D eigenvalue weighted by Crippen LogP contribution is 2.54. The predicted octanol–water partition coefficient (Wildman–Crippen LogP) is 7.23. The summed E-state index contributed by atoms with van der Waals surface area (Å²) in [5, 5.41) is 54.8. The molecule has 9 saturated heterocycles. The van der Waals surface area contributed by atoms with Gasteiger partial charge >= 0.3 is 5.97 Å². The summed E-state index contributed by atoms with van der Waals surface area (Å²) >= 11 is 0. The van der Waals surface area contributed by atoms with E-state index in [1.54, 1.807) is 6.92 Å². The van der Waals surface area contributed by atoms with Crippen molar-refractivity contribution in [3.8, 4) is 0 Å². The zero-order chi connectivity index (χ0) is 54.4. The number of carbonyl (C=O) groups is 1. The van der Waals surface area contributed by atoms with Crippen molar-refractivity contribution in [3.05, 3.63) is 36.0 Å². The van der Waals surface area contributed by atoms with E-state index in [0.29, 0.717) is 77.0 Å². The average Bonchev–Trinajstić information content (AvgIpc) is 3.71. The Balaban J connectivity index is 0.794. The van der Waals surface area contributed by atoms with Crippen molar-refractivity contribution in [1.29, 1.82) is 0 Å². The number of aliphatic carboxylic acids is 1. The minimum absolute atomic E-state index is 0.0239. The molecule has 0 amide bonds. The van der Waals surface area contributed by atoms with Gasteiger partial charge in [-0.3, -0.25) is 4.79 Å². The largest absolute Gasteiger partial charge is 0.481 e. The summed E-state index contributed by atoms with van der Waals surface area (Å²) in [5.74, 6) is -0.759. The third-order valence-corrected chi connectivity index (χ3v) is 20.2. The van der Waals surface area contributed by atoms with E-state index in [-0.39, 0.29) is 116 Å². The number of aliphatic hydroxyl groups excluding tert-OH is 3. The van der Waals surface area contributed by atoms with Crippen molar-refractivity contribution in [2.24, 2.45) is 23.7 Å². The number of carboxylic acid groups (broad SMARTS) is 1. The number of rotatable bonds is 11. The third-order valence-electron chi connectivity index (χ3n) is 20.2. The van der Waals surface area contributed by atoms with Crippen LogP contribution in [0.15, 0.2) is 36.0 Å². The molecule has 9 fully saturated rings. The number of aliphatic hydroxyl groups is 4. The lowest BCUT2D eigenvalue weighted by Crippen LogP contribution is -2.74. The molecule has 0 unspecified atom stereocenters. The minimum Gasteiger partial charge on any atom is -0.481 e. The molecule has 76 heavy (non-hydrogen) atoms. The predicted molar refractivity (Wildman–Crippen MR) is 280 cm³/mol. The van der Waals surface area contributed by atoms with Crippen LogP contribution < -0.4 is 0 Å². The molecule has 0 saturated carbocycles. The zero-order valence-electron chi connectivity index (χ0n) is 47.2. The Hall–Kier alpha value is -1.87. The third kappa shape index (κ3) is 11.2. The Morgan fingerprint density at radius 3 is 2.28 bits per heavy atom. The topological polar surface area (TPSA) is 211 Å². The van der Waals surface area contributed by atoms with Crippen molar-refractivity contribution >= 4 is 5.97 Å². The van der Waals surface area contributed by atoms with Crippen LogP contribution in [0, 0.1) is 23.7 Å². The van der Waals surface area contributed by atoms with Crippen molar-refractivity contribution < 1.29 is 77.7 Å². The van der Waals surface area contributed by atoms with Gasteiger partial charge in [-0.05, 0) is 123 Å². The van der Waals surface area contributed by atoms with Gasteiger partial charge in [0, 0.05) is 44.6 Å². The van der Waals surface area contributed by atoms with Crippen LogP contribution in [0.25, 0.3) is 0 Å².